The molecule has 2 aliphatic rings. The van der Waals surface area contributed by atoms with Crippen LogP contribution in [0.3, 0.4) is 0 Å². The van der Waals surface area contributed by atoms with Crippen molar-refractivity contribution in [3.63, 3.8) is 0 Å². The molecule has 3 N–H and O–H groups in total. The molecule has 0 aromatic rings. The number of carbonyl (C=O) groups is 1. The van der Waals surface area contributed by atoms with Crippen molar-refractivity contribution in [3.05, 3.63) is 0 Å². The molecular formula is C12H22N2O2. The normalized spacial score (nSPS) is 25.4. The van der Waals surface area contributed by atoms with E-state index in [0.29, 0.717) is 13.0 Å². The Hall–Kier alpha value is -0.610. The van der Waals surface area contributed by atoms with E-state index in [9.17, 15) is 4.79 Å². The SMILES string of the molecule is COC1(CNC(=O)CC2(N)CCC2)CCC1. The maximum Gasteiger partial charge on any atom is 0.221 e. The third kappa shape index (κ3) is 2.38. The second kappa shape index (κ2) is 4.34. The van der Waals surface area contributed by atoms with E-state index in [2.05, 4.69) is 5.32 Å². The van der Waals surface area contributed by atoms with Crippen molar-refractivity contribution in [3.8, 4) is 0 Å². The summed E-state index contributed by atoms with van der Waals surface area (Å²) in [5, 5.41) is 2.96. The summed E-state index contributed by atoms with van der Waals surface area (Å²) in [4.78, 5) is 11.7. The third-order valence-corrected chi connectivity index (χ3v) is 4.17. The number of hydrogen-bond donors (Lipinski definition) is 2. The van der Waals surface area contributed by atoms with E-state index in [1.165, 1.54) is 6.42 Å². The van der Waals surface area contributed by atoms with E-state index in [1.807, 2.05) is 0 Å². The van der Waals surface area contributed by atoms with Crippen LogP contribution in [0.1, 0.15) is 44.9 Å². The Morgan fingerprint density at radius 3 is 2.31 bits per heavy atom. The van der Waals surface area contributed by atoms with E-state index in [-0.39, 0.29) is 17.0 Å². The Morgan fingerprint density at radius 2 is 1.94 bits per heavy atom. The Morgan fingerprint density at radius 1 is 1.31 bits per heavy atom. The van der Waals surface area contributed by atoms with Crippen LogP contribution in [0.5, 0.6) is 0 Å². The lowest BCUT2D eigenvalue weighted by atomic mass is 9.75. The van der Waals surface area contributed by atoms with Crippen LogP contribution in [-0.2, 0) is 9.53 Å². The largest absolute Gasteiger partial charge is 0.376 e. The minimum atomic E-state index is -0.218. The van der Waals surface area contributed by atoms with Crippen molar-refractivity contribution in [2.45, 2.75) is 56.1 Å². The van der Waals surface area contributed by atoms with Gasteiger partial charge in [-0.25, -0.2) is 0 Å². The van der Waals surface area contributed by atoms with Crippen LogP contribution in [0.15, 0.2) is 0 Å². The van der Waals surface area contributed by atoms with Crippen LogP contribution in [0.25, 0.3) is 0 Å². The average molecular weight is 226 g/mol. The summed E-state index contributed by atoms with van der Waals surface area (Å²) in [7, 11) is 1.72. The number of nitrogens with one attached hydrogen (secondary N) is 1. The molecule has 0 heterocycles. The van der Waals surface area contributed by atoms with Crippen LogP contribution < -0.4 is 11.1 Å². The monoisotopic (exact) mass is 226 g/mol. The Labute approximate surface area is 96.9 Å². The van der Waals surface area contributed by atoms with E-state index in [1.54, 1.807) is 7.11 Å². The Bertz CT molecular complexity index is 265. The zero-order valence-electron chi connectivity index (χ0n) is 10.1. The molecule has 1 amide bonds. The van der Waals surface area contributed by atoms with Crippen molar-refractivity contribution < 1.29 is 9.53 Å². The highest BCUT2D eigenvalue weighted by molar-refractivity contribution is 5.77. The molecule has 0 aliphatic heterocycles. The van der Waals surface area contributed by atoms with Gasteiger partial charge in [0.25, 0.3) is 0 Å². The summed E-state index contributed by atoms with van der Waals surface area (Å²) in [6.45, 7) is 0.637. The Balaban J connectivity index is 1.71. The first-order chi connectivity index (χ1) is 7.58. The van der Waals surface area contributed by atoms with Gasteiger partial charge in [0, 0.05) is 25.6 Å². The van der Waals surface area contributed by atoms with Crippen LogP contribution in [0.2, 0.25) is 0 Å². The highest BCUT2D eigenvalue weighted by atomic mass is 16.5. The molecule has 0 aromatic carbocycles. The Kier molecular flexibility index (Phi) is 3.22. The van der Waals surface area contributed by atoms with Gasteiger partial charge >= 0.3 is 0 Å². The molecule has 4 heteroatoms. The molecular weight excluding hydrogens is 204 g/mol. The second-order valence-corrected chi connectivity index (χ2v) is 5.41. The van der Waals surface area contributed by atoms with Crippen molar-refractivity contribution in [1.82, 2.24) is 5.32 Å². The number of nitrogens with two attached hydrogens (primary N) is 1. The lowest BCUT2D eigenvalue weighted by Gasteiger charge is -2.41. The molecule has 16 heavy (non-hydrogen) atoms. The summed E-state index contributed by atoms with van der Waals surface area (Å²) in [5.74, 6) is 0.0746. The lowest BCUT2D eigenvalue weighted by molar-refractivity contribution is -0.126. The topological polar surface area (TPSA) is 64.3 Å². The van der Waals surface area contributed by atoms with Gasteiger partial charge in [0.1, 0.15) is 0 Å². The second-order valence-electron chi connectivity index (χ2n) is 5.41. The zero-order chi connectivity index (χ0) is 11.6. The van der Waals surface area contributed by atoms with Crippen molar-refractivity contribution >= 4 is 5.91 Å². The zero-order valence-corrected chi connectivity index (χ0v) is 10.1. The molecule has 2 fully saturated rings. The summed E-state index contributed by atoms with van der Waals surface area (Å²) in [5.41, 5.74) is 5.73. The van der Waals surface area contributed by atoms with Gasteiger partial charge in [-0.15, -0.1) is 0 Å². The molecule has 0 atom stereocenters. The van der Waals surface area contributed by atoms with E-state index in [0.717, 1.165) is 32.1 Å². The van der Waals surface area contributed by atoms with E-state index in [4.69, 9.17) is 10.5 Å². The van der Waals surface area contributed by atoms with Gasteiger partial charge in [0.15, 0.2) is 0 Å². The van der Waals surface area contributed by atoms with Crippen LogP contribution in [0.4, 0.5) is 0 Å². The van der Waals surface area contributed by atoms with E-state index >= 15 is 0 Å². The van der Waals surface area contributed by atoms with Gasteiger partial charge in [0.2, 0.25) is 5.91 Å². The number of amides is 1. The summed E-state index contributed by atoms with van der Waals surface area (Å²) in [6.07, 6.45) is 6.89. The molecule has 0 saturated heterocycles. The fourth-order valence-electron chi connectivity index (χ4n) is 2.47. The van der Waals surface area contributed by atoms with Gasteiger partial charge in [-0.2, -0.15) is 0 Å². The molecule has 92 valence electrons. The van der Waals surface area contributed by atoms with Crippen molar-refractivity contribution in [1.29, 1.82) is 0 Å². The molecule has 4 nitrogen and oxygen atoms in total. The van der Waals surface area contributed by atoms with Crippen LogP contribution in [0, 0.1) is 0 Å². The smallest absolute Gasteiger partial charge is 0.221 e. The van der Waals surface area contributed by atoms with Gasteiger partial charge < -0.3 is 15.8 Å². The van der Waals surface area contributed by atoms with Crippen LogP contribution >= 0.6 is 0 Å². The highest BCUT2D eigenvalue weighted by Crippen LogP contribution is 2.35. The number of carbonyl (C=O) groups excluding carboxylic acids is 1. The van der Waals surface area contributed by atoms with Crippen molar-refractivity contribution in [2.24, 2.45) is 5.73 Å². The highest BCUT2D eigenvalue weighted by Gasteiger charge is 2.38. The molecule has 0 aromatic heterocycles. The minimum Gasteiger partial charge on any atom is -0.376 e. The molecule has 0 radical (unpaired) electrons. The average Bonchev–Trinajstić information content (AvgIpc) is 2.14. The number of methoxy groups -OCH3 is 1. The molecule has 0 spiro atoms. The molecule has 2 saturated carbocycles. The van der Waals surface area contributed by atoms with Gasteiger partial charge in [-0.1, -0.05) is 0 Å². The fraction of sp³-hybridized carbons (Fsp3) is 0.917. The third-order valence-electron chi connectivity index (χ3n) is 4.17. The predicted octanol–water partition coefficient (Wildman–Crippen LogP) is 0.943. The van der Waals surface area contributed by atoms with Gasteiger partial charge in [0.05, 0.1) is 5.60 Å². The maximum absolute atomic E-state index is 11.7. The maximum atomic E-state index is 11.7. The molecule has 0 unspecified atom stereocenters. The fourth-order valence-corrected chi connectivity index (χ4v) is 2.47. The first-order valence-corrected chi connectivity index (χ1v) is 6.18. The number of rotatable bonds is 5. The van der Waals surface area contributed by atoms with E-state index < -0.39 is 0 Å². The molecule has 0 bridgehead atoms. The van der Waals surface area contributed by atoms with Gasteiger partial charge in [-0.05, 0) is 38.5 Å². The van der Waals surface area contributed by atoms with Crippen LogP contribution in [-0.4, -0.2) is 30.7 Å². The first kappa shape index (κ1) is 11.9. The summed E-state index contributed by atoms with van der Waals surface area (Å²) >= 11 is 0. The first-order valence-electron chi connectivity index (χ1n) is 6.18. The molecule has 2 aliphatic carbocycles. The van der Waals surface area contributed by atoms with Crippen molar-refractivity contribution in [2.75, 3.05) is 13.7 Å². The number of hydrogen-bond acceptors (Lipinski definition) is 3. The molecule has 2 rings (SSSR count). The van der Waals surface area contributed by atoms with Gasteiger partial charge in [-0.3, -0.25) is 4.79 Å². The quantitative estimate of drug-likeness (QED) is 0.733. The number of ether oxygens (including phenoxy) is 1. The predicted molar refractivity (Wildman–Crippen MR) is 62.0 cm³/mol. The lowest BCUT2D eigenvalue weighted by Crippen LogP contribution is -2.53. The minimum absolute atomic E-state index is 0.0746. The standard InChI is InChI=1S/C12H22N2O2/c1-16-12(6-3-7-12)9-14-10(15)8-11(13)4-2-5-11/h2-9,13H2,1H3,(H,14,15). The summed E-state index contributed by atoms with van der Waals surface area (Å²) in [6, 6.07) is 0. The summed E-state index contributed by atoms with van der Waals surface area (Å²) < 4.78 is 5.45.